The summed E-state index contributed by atoms with van der Waals surface area (Å²) in [5.74, 6) is 0. The fourth-order valence-corrected chi connectivity index (χ4v) is 2.05. The molecule has 1 rings (SSSR count). The first-order valence-electron chi connectivity index (χ1n) is 4.48. The molecule has 6 heteroatoms. The van der Waals surface area contributed by atoms with Gasteiger partial charge >= 0.3 is 0 Å². The lowest BCUT2D eigenvalue weighted by molar-refractivity contribution is 0.679. The molecule has 0 fully saturated rings. The maximum atomic E-state index is 11.1. The number of aromatic nitrogens is 1. The number of hydrogen-bond donors (Lipinski definition) is 1. The molecule has 1 heterocycles. The molecule has 82 valence electrons. The van der Waals surface area contributed by atoms with E-state index in [0.29, 0.717) is 12.1 Å². The Bertz CT molecular complexity index is 408. The minimum atomic E-state index is -0.847. The molecular formula is C9H13N3OS2. The Balaban J connectivity index is 2.66. The molecule has 0 aliphatic heterocycles. The molecule has 2 atom stereocenters. The van der Waals surface area contributed by atoms with Crippen molar-refractivity contribution in [2.75, 3.05) is 18.1 Å². The van der Waals surface area contributed by atoms with Gasteiger partial charge in [0.15, 0.2) is 0 Å². The third-order valence-electron chi connectivity index (χ3n) is 2.09. The summed E-state index contributed by atoms with van der Waals surface area (Å²) < 4.78 is 15.2. The highest BCUT2D eigenvalue weighted by atomic mass is 32.2. The minimum Gasteiger partial charge on any atom is -0.373 e. The normalized spacial score (nSPS) is 14.3. The first kappa shape index (κ1) is 12.1. The van der Waals surface area contributed by atoms with Crippen molar-refractivity contribution in [3.05, 3.63) is 11.3 Å². The molecule has 0 saturated carbocycles. The van der Waals surface area contributed by atoms with Crippen LogP contribution in [0.4, 0.5) is 5.00 Å². The van der Waals surface area contributed by atoms with Gasteiger partial charge in [0.2, 0.25) is 0 Å². The molecule has 15 heavy (non-hydrogen) atoms. The van der Waals surface area contributed by atoms with Crippen LogP contribution in [0.3, 0.4) is 0 Å². The van der Waals surface area contributed by atoms with Gasteiger partial charge < -0.3 is 5.32 Å². The lowest BCUT2D eigenvalue weighted by atomic mass is 10.3. The van der Waals surface area contributed by atoms with Gasteiger partial charge in [0.1, 0.15) is 16.6 Å². The fourth-order valence-electron chi connectivity index (χ4n) is 0.976. The van der Waals surface area contributed by atoms with Gasteiger partial charge in [0, 0.05) is 28.9 Å². The van der Waals surface area contributed by atoms with Crippen LogP contribution in [0, 0.1) is 18.3 Å². The van der Waals surface area contributed by atoms with E-state index in [0.717, 1.165) is 10.7 Å². The predicted molar refractivity (Wildman–Crippen MR) is 63.6 cm³/mol. The standard InChI is InChI=1S/C9H13N3OS2/c1-6(15(3)13)5-11-9-8(4-10)7(2)12-14-9/h6,11H,5H2,1-3H3. The van der Waals surface area contributed by atoms with Crippen LogP contribution in [0.1, 0.15) is 18.2 Å². The Kier molecular flexibility index (Phi) is 4.24. The molecule has 0 saturated heterocycles. The molecular weight excluding hydrogens is 230 g/mol. The molecule has 1 aromatic heterocycles. The topological polar surface area (TPSA) is 65.8 Å². The second kappa shape index (κ2) is 5.24. The smallest absolute Gasteiger partial charge is 0.127 e. The fraction of sp³-hybridized carbons (Fsp3) is 0.556. The van der Waals surface area contributed by atoms with Crippen molar-refractivity contribution < 1.29 is 4.21 Å². The Morgan fingerprint density at radius 2 is 2.40 bits per heavy atom. The summed E-state index contributed by atoms with van der Waals surface area (Å²) in [7, 11) is -0.847. The summed E-state index contributed by atoms with van der Waals surface area (Å²) in [5.41, 5.74) is 1.34. The molecule has 2 unspecified atom stereocenters. The summed E-state index contributed by atoms with van der Waals surface area (Å²) >= 11 is 1.27. The first-order chi connectivity index (χ1) is 7.06. The quantitative estimate of drug-likeness (QED) is 0.870. The van der Waals surface area contributed by atoms with Crippen LogP contribution >= 0.6 is 11.5 Å². The highest BCUT2D eigenvalue weighted by molar-refractivity contribution is 7.84. The minimum absolute atomic E-state index is 0.0685. The Morgan fingerprint density at radius 1 is 1.73 bits per heavy atom. The van der Waals surface area contributed by atoms with Crippen LogP contribution < -0.4 is 5.32 Å². The maximum absolute atomic E-state index is 11.1. The largest absolute Gasteiger partial charge is 0.373 e. The lowest BCUT2D eigenvalue weighted by Gasteiger charge is -2.09. The second-order valence-electron chi connectivity index (χ2n) is 3.27. The van der Waals surface area contributed by atoms with Crippen molar-refractivity contribution in [1.29, 1.82) is 5.26 Å². The second-order valence-corrected chi connectivity index (χ2v) is 5.85. The average Bonchev–Trinajstić information content (AvgIpc) is 2.55. The molecule has 4 nitrogen and oxygen atoms in total. The highest BCUT2D eigenvalue weighted by Gasteiger charge is 2.11. The van der Waals surface area contributed by atoms with Gasteiger partial charge in [0.05, 0.1) is 5.69 Å². The van der Waals surface area contributed by atoms with E-state index in [-0.39, 0.29) is 5.25 Å². The molecule has 0 radical (unpaired) electrons. The number of nitriles is 1. The van der Waals surface area contributed by atoms with E-state index in [1.165, 1.54) is 11.5 Å². The van der Waals surface area contributed by atoms with Crippen molar-refractivity contribution in [3.8, 4) is 6.07 Å². The zero-order chi connectivity index (χ0) is 11.4. The van der Waals surface area contributed by atoms with Crippen molar-refractivity contribution in [2.45, 2.75) is 19.1 Å². The van der Waals surface area contributed by atoms with Gasteiger partial charge in [-0.05, 0) is 25.4 Å². The molecule has 0 amide bonds. The van der Waals surface area contributed by atoms with E-state index in [1.54, 1.807) is 6.26 Å². The lowest BCUT2D eigenvalue weighted by Crippen LogP contribution is -2.20. The van der Waals surface area contributed by atoms with Crippen LogP contribution in [0.2, 0.25) is 0 Å². The number of nitrogens with zero attached hydrogens (tertiary/aromatic N) is 2. The zero-order valence-electron chi connectivity index (χ0n) is 8.90. The van der Waals surface area contributed by atoms with Crippen LogP contribution in [-0.4, -0.2) is 26.6 Å². The third kappa shape index (κ3) is 3.01. The Hall–Kier alpha value is -0.930. The van der Waals surface area contributed by atoms with Crippen LogP contribution in [0.15, 0.2) is 0 Å². The van der Waals surface area contributed by atoms with Gasteiger partial charge in [-0.15, -0.1) is 0 Å². The molecule has 1 N–H and O–H groups in total. The van der Waals surface area contributed by atoms with Gasteiger partial charge in [0.25, 0.3) is 0 Å². The molecule has 0 aromatic carbocycles. The average molecular weight is 243 g/mol. The SMILES string of the molecule is Cc1nsc(NCC(C)S(C)=O)c1C#N. The summed E-state index contributed by atoms with van der Waals surface area (Å²) in [5, 5.41) is 12.8. The number of aryl methyl sites for hydroxylation is 1. The summed E-state index contributed by atoms with van der Waals surface area (Å²) in [4.78, 5) is 0. The van der Waals surface area contributed by atoms with Gasteiger partial charge in [-0.2, -0.15) is 9.64 Å². The van der Waals surface area contributed by atoms with Crippen molar-refractivity contribution in [3.63, 3.8) is 0 Å². The van der Waals surface area contributed by atoms with Crippen molar-refractivity contribution in [1.82, 2.24) is 4.37 Å². The van der Waals surface area contributed by atoms with Gasteiger partial charge in [-0.1, -0.05) is 0 Å². The van der Waals surface area contributed by atoms with E-state index >= 15 is 0 Å². The number of hydrogen-bond acceptors (Lipinski definition) is 5. The molecule has 1 aromatic rings. The van der Waals surface area contributed by atoms with Crippen LogP contribution in [-0.2, 0) is 10.8 Å². The van der Waals surface area contributed by atoms with E-state index in [9.17, 15) is 4.21 Å². The van der Waals surface area contributed by atoms with Crippen LogP contribution in [0.25, 0.3) is 0 Å². The number of nitrogens with one attached hydrogen (secondary N) is 1. The molecule has 0 aliphatic carbocycles. The summed E-state index contributed by atoms with van der Waals surface area (Å²) in [6, 6.07) is 2.11. The highest BCUT2D eigenvalue weighted by Crippen LogP contribution is 2.23. The third-order valence-corrected chi connectivity index (χ3v) is 4.29. The maximum Gasteiger partial charge on any atom is 0.127 e. The number of anilines is 1. The zero-order valence-corrected chi connectivity index (χ0v) is 10.5. The first-order valence-corrected chi connectivity index (χ1v) is 6.88. The van der Waals surface area contributed by atoms with E-state index < -0.39 is 10.8 Å². The monoisotopic (exact) mass is 243 g/mol. The molecule has 0 bridgehead atoms. The van der Waals surface area contributed by atoms with E-state index in [2.05, 4.69) is 15.8 Å². The Labute approximate surface area is 95.9 Å². The molecule has 0 aliphatic rings. The van der Waals surface area contributed by atoms with Gasteiger partial charge in [-0.25, -0.2) is 0 Å². The van der Waals surface area contributed by atoms with Gasteiger partial charge in [-0.3, -0.25) is 4.21 Å². The van der Waals surface area contributed by atoms with E-state index in [1.807, 2.05) is 13.8 Å². The Morgan fingerprint density at radius 3 is 2.93 bits per heavy atom. The predicted octanol–water partition coefficient (Wildman–Crippen LogP) is 1.50. The van der Waals surface area contributed by atoms with Crippen molar-refractivity contribution >= 4 is 27.3 Å². The molecule has 0 spiro atoms. The van der Waals surface area contributed by atoms with Crippen LogP contribution in [0.5, 0.6) is 0 Å². The van der Waals surface area contributed by atoms with Crippen molar-refractivity contribution in [2.24, 2.45) is 0 Å². The summed E-state index contributed by atoms with van der Waals surface area (Å²) in [6.45, 7) is 4.31. The van der Waals surface area contributed by atoms with E-state index in [4.69, 9.17) is 5.26 Å². The summed E-state index contributed by atoms with van der Waals surface area (Å²) in [6.07, 6.45) is 1.68. The number of rotatable bonds is 4.